The molecule has 0 unspecified atom stereocenters. The summed E-state index contributed by atoms with van der Waals surface area (Å²) >= 11 is 9.55. The minimum atomic E-state index is -0.489. The molecule has 2 aromatic carbocycles. The Morgan fingerprint density at radius 3 is 2.65 bits per heavy atom. The minimum Gasteiger partial charge on any atom is -0.343 e. The number of carbonyl (C=O) groups is 1. The predicted octanol–water partition coefficient (Wildman–Crippen LogP) is 5.00. The maximum atomic E-state index is 13.5. The van der Waals surface area contributed by atoms with Crippen LogP contribution in [0.15, 0.2) is 70.3 Å². The van der Waals surface area contributed by atoms with Gasteiger partial charge in [0.05, 0.1) is 16.5 Å². The van der Waals surface area contributed by atoms with Gasteiger partial charge in [-0.05, 0) is 65.0 Å². The molecule has 0 aliphatic rings. The third kappa shape index (κ3) is 4.11. The van der Waals surface area contributed by atoms with E-state index in [1.807, 2.05) is 49.4 Å². The lowest BCUT2D eigenvalue weighted by Gasteiger charge is -2.21. The van der Waals surface area contributed by atoms with Gasteiger partial charge in [-0.2, -0.15) is 0 Å². The Hall–Kier alpha value is -3.03. The molecule has 0 saturated carbocycles. The molecule has 0 saturated heterocycles. The zero-order valence-electron chi connectivity index (χ0n) is 16.8. The van der Waals surface area contributed by atoms with Gasteiger partial charge in [-0.3, -0.25) is 14.2 Å². The van der Waals surface area contributed by atoms with Crippen molar-refractivity contribution in [3.8, 4) is 5.69 Å². The van der Waals surface area contributed by atoms with Gasteiger partial charge in [-0.25, -0.2) is 9.97 Å². The quantitative estimate of drug-likeness (QED) is 0.403. The van der Waals surface area contributed by atoms with Gasteiger partial charge in [0, 0.05) is 17.6 Å². The minimum absolute atomic E-state index is 0.244. The van der Waals surface area contributed by atoms with Crippen LogP contribution in [0, 0.1) is 6.92 Å². The molecular formula is C23H18BrClN4O2. The lowest BCUT2D eigenvalue weighted by Crippen LogP contribution is -2.33. The smallest absolute Gasteiger partial charge is 0.270 e. The van der Waals surface area contributed by atoms with E-state index in [1.165, 1.54) is 0 Å². The molecule has 1 atom stereocenters. The number of benzene rings is 2. The summed E-state index contributed by atoms with van der Waals surface area (Å²) < 4.78 is 1.92. The van der Waals surface area contributed by atoms with Crippen molar-refractivity contribution >= 4 is 44.2 Å². The number of carbonyl (C=O) groups excluding carboxylic acids is 1. The summed E-state index contributed by atoms with van der Waals surface area (Å²) in [5, 5.41) is 4.49. The van der Waals surface area contributed by atoms with E-state index in [0.29, 0.717) is 37.5 Å². The van der Waals surface area contributed by atoms with E-state index in [2.05, 4.69) is 31.2 Å². The Balaban J connectivity index is 1.85. The maximum Gasteiger partial charge on any atom is 0.270 e. The SMILES string of the molecule is Cc1cnc(Br)nc1C(=O)N[C@@H](C)c1cc2cccc(Cl)c2c(=O)n1-c1ccccc1. The van der Waals surface area contributed by atoms with E-state index < -0.39 is 6.04 Å². The Morgan fingerprint density at radius 2 is 1.90 bits per heavy atom. The normalized spacial score (nSPS) is 12.0. The van der Waals surface area contributed by atoms with Crippen LogP contribution in [0.3, 0.4) is 0 Å². The summed E-state index contributed by atoms with van der Waals surface area (Å²) in [6, 6.07) is 16.0. The molecule has 8 heteroatoms. The summed E-state index contributed by atoms with van der Waals surface area (Å²) in [6.07, 6.45) is 1.58. The first kappa shape index (κ1) is 21.2. The molecule has 0 bridgehead atoms. The monoisotopic (exact) mass is 496 g/mol. The lowest BCUT2D eigenvalue weighted by molar-refractivity contribution is 0.0932. The lowest BCUT2D eigenvalue weighted by atomic mass is 10.1. The predicted molar refractivity (Wildman–Crippen MR) is 125 cm³/mol. The highest BCUT2D eigenvalue weighted by atomic mass is 79.9. The molecule has 156 valence electrons. The molecule has 0 spiro atoms. The van der Waals surface area contributed by atoms with Crippen molar-refractivity contribution in [2.75, 3.05) is 0 Å². The van der Waals surface area contributed by atoms with Gasteiger partial charge < -0.3 is 5.32 Å². The third-order valence-electron chi connectivity index (χ3n) is 4.99. The summed E-state index contributed by atoms with van der Waals surface area (Å²) in [5.74, 6) is -0.355. The number of halogens is 2. The van der Waals surface area contributed by atoms with Crippen molar-refractivity contribution in [2.24, 2.45) is 0 Å². The average Bonchev–Trinajstić information content (AvgIpc) is 2.75. The highest BCUT2D eigenvalue weighted by molar-refractivity contribution is 9.10. The number of aromatic nitrogens is 3. The van der Waals surface area contributed by atoms with Crippen LogP contribution >= 0.6 is 27.5 Å². The number of nitrogens with zero attached hydrogens (tertiary/aromatic N) is 3. The number of fused-ring (bicyclic) bond motifs is 1. The highest BCUT2D eigenvalue weighted by Crippen LogP contribution is 2.25. The van der Waals surface area contributed by atoms with Crippen LogP contribution in [-0.2, 0) is 0 Å². The van der Waals surface area contributed by atoms with Crippen molar-refractivity contribution in [1.82, 2.24) is 19.9 Å². The second kappa shape index (κ2) is 8.61. The van der Waals surface area contributed by atoms with E-state index in [4.69, 9.17) is 11.6 Å². The molecule has 31 heavy (non-hydrogen) atoms. The van der Waals surface area contributed by atoms with Gasteiger partial charge >= 0.3 is 0 Å². The van der Waals surface area contributed by atoms with E-state index in [9.17, 15) is 9.59 Å². The van der Waals surface area contributed by atoms with E-state index in [1.54, 1.807) is 29.8 Å². The van der Waals surface area contributed by atoms with Crippen LogP contribution in [0.1, 0.15) is 34.7 Å². The second-order valence-corrected chi connectivity index (χ2v) is 8.23. The molecule has 2 heterocycles. The first-order valence-corrected chi connectivity index (χ1v) is 10.7. The maximum absolute atomic E-state index is 13.5. The van der Waals surface area contributed by atoms with Gasteiger partial charge in [0.2, 0.25) is 0 Å². The zero-order chi connectivity index (χ0) is 22.1. The molecule has 1 amide bonds. The average molecular weight is 498 g/mol. The fraction of sp³-hybridized carbons (Fsp3) is 0.130. The largest absolute Gasteiger partial charge is 0.343 e. The second-order valence-electron chi connectivity index (χ2n) is 7.12. The molecule has 1 N–H and O–H groups in total. The summed E-state index contributed by atoms with van der Waals surface area (Å²) in [5.41, 5.74) is 1.99. The summed E-state index contributed by atoms with van der Waals surface area (Å²) in [4.78, 5) is 34.6. The van der Waals surface area contributed by atoms with Crippen molar-refractivity contribution in [1.29, 1.82) is 0 Å². The fourth-order valence-corrected chi connectivity index (χ4v) is 4.03. The van der Waals surface area contributed by atoms with Crippen molar-refractivity contribution < 1.29 is 4.79 Å². The molecule has 0 fully saturated rings. The molecule has 4 aromatic rings. The number of pyridine rings is 1. The highest BCUT2D eigenvalue weighted by Gasteiger charge is 2.21. The molecule has 0 radical (unpaired) electrons. The number of nitrogens with one attached hydrogen (secondary N) is 1. The van der Waals surface area contributed by atoms with Crippen molar-refractivity contribution in [3.63, 3.8) is 0 Å². The van der Waals surface area contributed by atoms with Crippen LogP contribution in [-0.4, -0.2) is 20.4 Å². The van der Waals surface area contributed by atoms with Crippen LogP contribution in [0.25, 0.3) is 16.5 Å². The number of hydrogen-bond acceptors (Lipinski definition) is 4. The number of hydrogen-bond donors (Lipinski definition) is 1. The van der Waals surface area contributed by atoms with Crippen molar-refractivity contribution in [2.45, 2.75) is 19.9 Å². The van der Waals surface area contributed by atoms with Crippen LogP contribution < -0.4 is 10.9 Å². The summed E-state index contributed by atoms with van der Waals surface area (Å²) in [7, 11) is 0. The van der Waals surface area contributed by atoms with Crippen LogP contribution in [0.4, 0.5) is 0 Å². The molecule has 4 rings (SSSR count). The fourth-order valence-electron chi connectivity index (χ4n) is 3.49. The molecule has 0 aliphatic heterocycles. The number of rotatable bonds is 4. The Morgan fingerprint density at radius 1 is 1.16 bits per heavy atom. The Kier molecular flexibility index (Phi) is 5.89. The van der Waals surface area contributed by atoms with E-state index >= 15 is 0 Å². The molecule has 2 aromatic heterocycles. The van der Waals surface area contributed by atoms with Gasteiger partial charge in [-0.15, -0.1) is 0 Å². The van der Waals surface area contributed by atoms with Crippen LogP contribution in [0.2, 0.25) is 5.02 Å². The van der Waals surface area contributed by atoms with Gasteiger partial charge in [0.25, 0.3) is 11.5 Å². The third-order valence-corrected chi connectivity index (χ3v) is 5.68. The van der Waals surface area contributed by atoms with Gasteiger partial charge in [0.1, 0.15) is 5.69 Å². The number of amides is 1. The van der Waals surface area contributed by atoms with Gasteiger partial charge in [-0.1, -0.05) is 41.9 Å². The molecule has 6 nitrogen and oxygen atoms in total. The molecular weight excluding hydrogens is 480 g/mol. The van der Waals surface area contributed by atoms with Crippen LogP contribution in [0.5, 0.6) is 0 Å². The zero-order valence-corrected chi connectivity index (χ0v) is 19.1. The Labute approximate surface area is 192 Å². The van der Waals surface area contributed by atoms with E-state index in [-0.39, 0.29) is 17.2 Å². The number of aryl methyl sites for hydroxylation is 1. The first-order valence-electron chi connectivity index (χ1n) is 9.56. The first-order chi connectivity index (χ1) is 14.9. The topological polar surface area (TPSA) is 76.9 Å². The Bertz CT molecular complexity index is 1360. The van der Waals surface area contributed by atoms with Crippen molar-refractivity contribution in [3.05, 3.63) is 97.9 Å². The summed E-state index contributed by atoms with van der Waals surface area (Å²) in [6.45, 7) is 3.60. The number of para-hydroxylation sites is 1. The van der Waals surface area contributed by atoms with E-state index in [0.717, 1.165) is 0 Å². The standard InChI is InChI=1S/C23H18BrClN4O2/c1-13-12-26-23(24)28-20(13)21(30)27-14(2)18-11-15-7-6-10-17(25)19(15)22(31)29(18)16-8-4-3-5-9-16/h3-12,14H,1-2H3,(H,27,30)/t14-/m0/s1. The van der Waals surface area contributed by atoms with Gasteiger partial charge in [0.15, 0.2) is 4.73 Å². The molecule has 0 aliphatic carbocycles.